The highest BCUT2D eigenvalue weighted by Crippen LogP contribution is 2.41. The maximum atomic E-state index is 9.55. The van der Waals surface area contributed by atoms with Crippen molar-refractivity contribution >= 4 is 19.9 Å². The quantitative estimate of drug-likeness (QED) is 0.259. The zero-order valence-corrected chi connectivity index (χ0v) is 20.3. The Morgan fingerprint density at radius 2 is 1.74 bits per heavy atom. The average Bonchev–Trinajstić information content (AvgIpc) is 3.10. The van der Waals surface area contributed by atoms with Gasteiger partial charge in [-0.3, -0.25) is 0 Å². The predicted octanol–water partition coefficient (Wildman–Crippen LogP) is 5.43. The Kier molecular flexibility index (Phi) is 10.8. The van der Waals surface area contributed by atoms with Gasteiger partial charge >= 0.3 is 0 Å². The van der Waals surface area contributed by atoms with Crippen LogP contribution in [0.4, 0.5) is 0 Å². The third-order valence-corrected chi connectivity index (χ3v) is 11.0. The summed E-state index contributed by atoms with van der Waals surface area (Å²) in [6.07, 6.45) is 3.86. The number of halogens is 1. The second-order valence-electron chi connectivity index (χ2n) is 9.80. The maximum Gasteiger partial charge on any atom is 0.192 e. The monoisotopic (exact) mass is 422 g/mol. The van der Waals surface area contributed by atoms with Crippen LogP contribution in [0.3, 0.4) is 0 Å². The number of hydrogen-bond donors (Lipinski definition) is 1. The third kappa shape index (κ3) is 7.94. The Labute approximate surface area is 173 Å². The minimum absolute atomic E-state index is 0.0679. The van der Waals surface area contributed by atoms with Crippen molar-refractivity contribution in [1.29, 1.82) is 0 Å². The van der Waals surface area contributed by atoms with Crippen LogP contribution in [0.25, 0.3) is 0 Å². The number of aliphatic hydroxyl groups excluding tert-OH is 1. The molecular weight excluding hydrogens is 380 g/mol. The molecule has 1 saturated heterocycles. The molecule has 1 aliphatic rings. The zero-order valence-electron chi connectivity index (χ0n) is 18.6. The molecule has 1 aliphatic heterocycles. The summed E-state index contributed by atoms with van der Waals surface area (Å²) in [7, 11) is -1.95. The van der Waals surface area contributed by atoms with Crippen LogP contribution in [0.5, 0.6) is 0 Å². The van der Waals surface area contributed by atoms with E-state index in [4.69, 9.17) is 25.5 Å². The van der Waals surface area contributed by atoms with Crippen molar-refractivity contribution in [2.75, 3.05) is 25.7 Å². The highest BCUT2D eigenvalue weighted by Gasteiger charge is 2.44. The number of aliphatic hydroxyl groups is 1. The van der Waals surface area contributed by atoms with Crippen LogP contribution in [-0.2, 0) is 13.9 Å². The Balaban J connectivity index is 3.08. The lowest BCUT2D eigenvalue weighted by atomic mass is 9.83. The molecule has 1 fully saturated rings. The fourth-order valence-electron chi connectivity index (χ4n) is 3.54. The zero-order chi connectivity index (χ0) is 20.7. The van der Waals surface area contributed by atoms with E-state index in [0.717, 1.165) is 25.7 Å². The van der Waals surface area contributed by atoms with E-state index in [1.807, 2.05) is 0 Å². The molecule has 2 unspecified atom stereocenters. The van der Waals surface area contributed by atoms with Crippen LogP contribution < -0.4 is 0 Å². The average molecular weight is 423 g/mol. The summed E-state index contributed by atoms with van der Waals surface area (Å²) in [4.78, 5) is 0. The molecule has 1 N–H and O–H groups in total. The lowest BCUT2D eigenvalue weighted by molar-refractivity contribution is -0.127. The Morgan fingerprint density at radius 3 is 2.22 bits per heavy atom. The van der Waals surface area contributed by atoms with Gasteiger partial charge in [-0.1, -0.05) is 41.0 Å². The SMILES string of the molecule is C[C@@H](CO)C[C@H](C)C(O[Si](C)(C)C(C)(C)C)C(CCCCCl)C1OCCO1. The first-order valence-corrected chi connectivity index (χ1v) is 14.1. The van der Waals surface area contributed by atoms with Gasteiger partial charge in [-0.05, 0) is 49.2 Å². The molecule has 0 spiro atoms. The van der Waals surface area contributed by atoms with Crippen molar-refractivity contribution in [3.8, 4) is 0 Å². The molecule has 0 aromatic heterocycles. The molecule has 162 valence electrons. The molecule has 0 aliphatic carbocycles. The van der Waals surface area contributed by atoms with Gasteiger partial charge in [0.25, 0.3) is 0 Å². The smallest absolute Gasteiger partial charge is 0.192 e. The van der Waals surface area contributed by atoms with Crippen LogP contribution >= 0.6 is 11.6 Å². The van der Waals surface area contributed by atoms with Crippen molar-refractivity contribution in [3.05, 3.63) is 0 Å². The summed E-state index contributed by atoms with van der Waals surface area (Å²) in [6, 6.07) is 0. The molecule has 6 heteroatoms. The van der Waals surface area contributed by atoms with Crippen molar-refractivity contribution < 1.29 is 19.0 Å². The molecule has 0 amide bonds. The van der Waals surface area contributed by atoms with Gasteiger partial charge in [-0.25, -0.2) is 0 Å². The second kappa shape index (κ2) is 11.5. The van der Waals surface area contributed by atoms with E-state index < -0.39 is 8.32 Å². The fourth-order valence-corrected chi connectivity index (χ4v) is 5.17. The Morgan fingerprint density at radius 1 is 1.15 bits per heavy atom. The molecule has 1 heterocycles. The van der Waals surface area contributed by atoms with Gasteiger partial charge in [-0.15, -0.1) is 11.6 Å². The van der Waals surface area contributed by atoms with E-state index in [2.05, 4.69) is 47.7 Å². The highest BCUT2D eigenvalue weighted by molar-refractivity contribution is 6.74. The van der Waals surface area contributed by atoms with E-state index in [1.54, 1.807) is 0 Å². The molecule has 4 atom stereocenters. The van der Waals surface area contributed by atoms with Crippen molar-refractivity contribution in [3.63, 3.8) is 0 Å². The topological polar surface area (TPSA) is 47.9 Å². The largest absolute Gasteiger partial charge is 0.413 e. The van der Waals surface area contributed by atoms with E-state index >= 15 is 0 Å². The predicted molar refractivity (Wildman–Crippen MR) is 116 cm³/mol. The summed E-state index contributed by atoms with van der Waals surface area (Å²) in [5.41, 5.74) is 0. The standard InChI is InChI=1S/C21H43ClO4Si/c1-16(15-23)14-17(2)19(26-27(6,7)21(3,4)5)18(10-8-9-11-22)20-24-12-13-25-20/h16-20,23H,8-15H2,1-7H3/t16-,17+,18?,19?/m1/s1. The molecule has 0 saturated carbocycles. The Hall–Kier alpha value is 0.347. The van der Waals surface area contributed by atoms with Gasteiger partial charge in [-0.2, -0.15) is 0 Å². The summed E-state index contributed by atoms with van der Waals surface area (Å²) in [5, 5.41) is 9.70. The molecule has 27 heavy (non-hydrogen) atoms. The van der Waals surface area contributed by atoms with Crippen molar-refractivity contribution in [2.24, 2.45) is 17.8 Å². The van der Waals surface area contributed by atoms with Gasteiger partial charge in [0.15, 0.2) is 14.6 Å². The second-order valence-corrected chi connectivity index (χ2v) is 14.9. The summed E-state index contributed by atoms with van der Waals surface area (Å²) in [5.74, 6) is 1.48. The summed E-state index contributed by atoms with van der Waals surface area (Å²) in [6.45, 7) is 17.4. The van der Waals surface area contributed by atoms with E-state index in [0.29, 0.717) is 25.0 Å². The molecule has 0 aromatic rings. The number of unbranched alkanes of at least 4 members (excludes halogenated alkanes) is 1. The summed E-state index contributed by atoms with van der Waals surface area (Å²) >= 11 is 5.93. The molecule has 4 nitrogen and oxygen atoms in total. The van der Waals surface area contributed by atoms with E-state index in [1.165, 1.54) is 0 Å². The molecule has 0 radical (unpaired) electrons. The first-order valence-electron chi connectivity index (χ1n) is 10.6. The van der Waals surface area contributed by atoms with Gasteiger partial charge in [0.05, 0.1) is 19.3 Å². The van der Waals surface area contributed by atoms with Gasteiger partial charge in [0.1, 0.15) is 0 Å². The first-order chi connectivity index (χ1) is 12.5. The van der Waals surface area contributed by atoms with E-state index in [-0.39, 0.29) is 35.9 Å². The molecule has 0 bridgehead atoms. The van der Waals surface area contributed by atoms with Crippen molar-refractivity contribution in [2.45, 2.75) is 90.8 Å². The Bertz CT molecular complexity index is 407. The minimum atomic E-state index is -1.95. The van der Waals surface area contributed by atoms with Crippen LogP contribution in [0, 0.1) is 17.8 Å². The lowest BCUT2D eigenvalue weighted by Crippen LogP contribution is -2.50. The van der Waals surface area contributed by atoms with Gasteiger partial charge in [0.2, 0.25) is 0 Å². The number of ether oxygens (including phenoxy) is 2. The van der Waals surface area contributed by atoms with Crippen molar-refractivity contribution in [1.82, 2.24) is 0 Å². The van der Waals surface area contributed by atoms with Gasteiger partial charge < -0.3 is 19.0 Å². The highest BCUT2D eigenvalue weighted by atomic mass is 35.5. The molecular formula is C21H43ClO4Si. The van der Waals surface area contributed by atoms with Crippen LogP contribution in [0.2, 0.25) is 18.1 Å². The lowest BCUT2D eigenvalue weighted by Gasteiger charge is -2.44. The fraction of sp³-hybridized carbons (Fsp3) is 1.00. The minimum Gasteiger partial charge on any atom is -0.413 e. The van der Waals surface area contributed by atoms with Crippen LogP contribution in [-0.4, -0.2) is 51.5 Å². The number of hydrogen-bond acceptors (Lipinski definition) is 4. The van der Waals surface area contributed by atoms with Crippen LogP contribution in [0.15, 0.2) is 0 Å². The summed E-state index contributed by atoms with van der Waals surface area (Å²) < 4.78 is 18.9. The van der Waals surface area contributed by atoms with Crippen LogP contribution in [0.1, 0.15) is 60.3 Å². The molecule has 1 rings (SSSR count). The van der Waals surface area contributed by atoms with Gasteiger partial charge in [0, 0.05) is 18.4 Å². The first kappa shape index (κ1) is 25.4. The third-order valence-electron chi connectivity index (χ3n) is 6.22. The maximum absolute atomic E-state index is 9.55. The molecule has 0 aromatic carbocycles. The normalized spacial score (nSPS) is 21.2. The number of rotatable bonds is 12. The van der Waals surface area contributed by atoms with E-state index in [9.17, 15) is 5.11 Å². The number of alkyl halides is 1.